The predicted molar refractivity (Wildman–Crippen MR) is 134 cm³/mol. The number of hydrogen-bond donors (Lipinski definition) is 1. The van der Waals surface area contributed by atoms with Gasteiger partial charge < -0.3 is 14.4 Å². The van der Waals surface area contributed by atoms with Gasteiger partial charge >= 0.3 is 0 Å². The van der Waals surface area contributed by atoms with Crippen molar-refractivity contribution in [2.45, 2.75) is 32.5 Å². The van der Waals surface area contributed by atoms with Crippen molar-refractivity contribution in [2.24, 2.45) is 0 Å². The molecular formula is C26H30N4O3S. The summed E-state index contributed by atoms with van der Waals surface area (Å²) in [6, 6.07) is 18.4. The topological polar surface area (TPSA) is 74.9 Å². The zero-order valence-electron chi connectivity index (χ0n) is 19.6. The number of piperazine rings is 1. The lowest BCUT2D eigenvalue weighted by Gasteiger charge is -2.40. The van der Waals surface area contributed by atoms with E-state index in [1.165, 1.54) is 0 Å². The second kappa shape index (κ2) is 10.2. The van der Waals surface area contributed by atoms with E-state index in [-0.39, 0.29) is 6.61 Å². The number of hydrogen-bond acceptors (Lipinski definition) is 8. The molecule has 1 saturated heterocycles. The van der Waals surface area contributed by atoms with E-state index in [2.05, 4.69) is 26.9 Å². The summed E-state index contributed by atoms with van der Waals surface area (Å²) >= 11 is 1.67. The molecule has 3 heterocycles. The molecule has 178 valence electrons. The average molecular weight is 479 g/mol. The average Bonchev–Trinajstić information content (AvgIpc) is 3.45. The molecule has 1 aliphatic rings. The molecule has 2 unspecified atom stereocenters. The van der Waals surface area contributed by atoms with Crippen LogP contribution >= 0.6 is 11.3 Å². The smallest absolute Gasteiger partial charge is 0.151 e. The number of aromatic nitrogens is 2. The van der Waals surface area contributed by atoms with Crippen molar-refractivity contribution in [2.75, 3.05) is 32.8 Å². The number of aliphatic hydroxyl groups excluding tert-OH is 1. The maximum atomic E-state index is 10.6. The van der Waals surface area contributed by atoms with Crippen LogP contribution in [0.15, 0.2) is 59.1 Å². The number of nitrogens with zero attached hydrogens (tertiary/aromatic N) is 4. The third-order valence-electron chi connectivity index (χ3n) is 6.21. The maximum absolute atomic E-state index is 10.6. The van der Waals surface area contributed by atoms with Crippen molar-refractivity contribution in [1.82, 2.24) is 19.9 Å². The first-order valence-corrected chi connectivity index (χ1v) is 12.5. The van der Waals surface area contributed by atoms with Crippen LogP contribution in [0.1, 0.15) is 17.7 Å². The van der Waals surface area contributed by atoms with E-state index in [0.717, 1.165) is 64.2 Å². The van der Waals surface area contributed by atoms with Crippen molar-refractivity contribution >= 4 is 21.6 Å². The molecule has 2 aromatic carbocycles. The second-order valence-corrected chi connectivity index (χ2v) is 10.2. The minimum absolute atomic E-state index is 0.267. The molecule has 0 spiro atoms. The van der Waals surface area contributed by atoms with Crippen LogP contribution in [0.4, 0.5) is 0 Å². The van der Waals surface area contributed by atoms with E-state index in [0.29, 0.717) is 12.6 Å². The monoisotopic (exact) mass is 478 g/mol. The molecule has 2 atom stereocenters. The van der Waals surface area contributed by atoms with E-state index in [1.54, 1.807) is 11.3 Å². The standard InChI is InChI=1S/C26H30N4O3S/c1-18-14-29(15-21(31)17-32-22-8-9-26-25(12-22)27-19(2)34-26)10-11-30(18)16-23-13-24(28-33-23)20-6-4-3-5-7-20/h3-9,12-13,18,21,31H,10-11,14-17H2,1-2H3. The van der Waals surface area contributed by atoms with Gasteiger partial charge in [0.1, 0.15) is 24.2 Å². The molecule has 7 nitrogen and oxygen atoms in total. The van der Waals surface area contributed by atoms with E-state index in [9.17, 15) is 5.11 Å². The van der Waals surface area contributed by atoms with E-state index in [4.69, 9.17) is 9.26 Å². The number of thiazole rings is 1. The Bertz CT molecular complexity index is 1230. The molecule has 0 saturated carbocycles. The molecule has 0 radical (unpaired) electrons. The summed E-state index contributed by atoms with van der Waals surface area (Å²) in [5.41, 5.74) is 2.88. The quantitative estimate of drug-likeness (QED) is 0.407. The van der Waals surface area contributed by atoms with Crippen LogP contribution in [0.25, 0.3) is 21.5 Å². The molecule has 0 bridgehead atoms. The highest BCUT2D eigenvalue weighted by Crippen LogP contribution is 2.26. The summed E-state index contributed by atoms with van der Waals surface area (Å²) in [6.07, 6.45) is -0.547. The third kappa shape index (κ3) is 5.47. The van der Waals surface area contributed by atoms with Gasteiger partial charge in [0.25, 0.3) is 0 Å². The van der Waals surface area contributed by atoms with Gasteiger partial charge in [0.15, 0.2) is 5.76 Å². The number of aryl methyl sites for hydroxylation is 1. The molecule has 2 aromatic heterocycles. The van der Waals surface area contributed by atoms with Crippen molar-refractivity contribution < 1.29 is 14.4 Å². The zero-order valence-corrected chi connectivity index (χ0v) is 20.4. The number of fused-ring (bicyclic) bond motifs is 1. The molecule has 34 heavy (non-hydrogen) atoms. The third-order valence-corrected chi connectivity index (χ3v) is 7.17. The van der Waals surface area contributed by atoms with E-state index in [1.807, 2.05) is 61.5 Å². The number of rotatable bonds is 8. The van der Waals surface area contributed by atoms with Crippen molar-refractivity contribution in [3.63, 3.8) is 0 Å². The summed E-state index contributed by atoms with van der Waals surface area (Å²) in [5, 5.41) is 15.8. The first-order chi connectivity index (χ1) is 16.5. The number of aliphatic hydroxyl groups is 1. The van der Waals surface area contributed by atoms with Gasteiger partial charge in [-0.2, -0.15) is 0 Å². The van der Waals surface area contributed by atoms with Gasteiger partial charge in [-0.05, 0) is 26.0 Å². The van der Waals surface area contributed by atoms with Gasteiger partial charge in [0.05, 0.1) is 21.8 Å². The Hall–Kier alpha value is -2.78. The van der Waals surface area contributed by atoms with Gasteiger partial charge in [-0.25, -0.2) is 4.98 Å². The van der Waals surface area contributed by atoms with Crippen LogP contribution in [0, 0.1) is 6.92 Å². The number of β-amino-alcohol motifs (C(OH)–C–C–N with tert-alkyl or cyclic N) is 1. The Labute approximate surface area is 203 Å². The van der Waals surface area contributed by atoms with Gasteiger partial charge in [-0.15, -0.1) is 11.3 Å². The largest absolute Gasteiger partial charge is 0.491 e. The summed E-state index contributed by atoms with van der Waals surface area (Å²) in [5.74, 6) is 1.62. The SMILES string of the molecule is Cc1nc2cc(OCC(O)CN3CCN(Cc4cc(-c5ccccc5)no4)C(C)C3)ccc2s1. The Morgan fingerprint density at radius 1 is 1.18 bits per heavy atom. The summed E-state index contributed by atoms with van der Waals surface area (Å²) in [6.45, 7) is 8.51. The molecule has 0 amide bonds. The van der Waals surface area contributed by atoms with Crippen molar-refractivity contribution in [3.8, 4) is 17.0 Å². The van der Waals surface area contributed by atoms with Crippen LogP contribution in [0.5, 0.6) is 5.75 Å². The van der Waals surface area contributed by atoms with Gasteiger partial charge in [0.2, 0.25) is 0 Å². The van der Waals surface area contributed by atoms with Crippen LogP contribution in [0.2, 0.25) is 0 Å². The Balaban J connectivity index is 1.09. The highest BCUT2D eigenvalue weighted by Gasteiger charge is 2.26. The Morgan fingerprint density at radius 2 is 2.03 bits per heavy atom. The molecule has 8 heteroatoms. The fraction of sp³-hybridized carbons (Fsp3) is 0.385. The van der Waals surface area contributed by atoms with Crippen LogP contribution in [-0.4, -0.2) is 70.0 Å². The zero-order chi connectivity index (χ0) is 23.5. The predicted octanol–water partition coefficient (Wildman–Crippen LogP) is 4.21. The fourth-order valence-corrected chi connectivity index (χ4v) is 5.27. The molecule has 0 aliphatic carbocycles. The lowest BCUT2D eigenvalue weighted by atomic mass is 10.1. The van der Waals surface area contributed by atoms with Crippen LogP contribution in [-0.2, 0) is 6.54 Å². The van der Waals surface area contributed by atoms with Crippen LogP contribution in [0.3, 0.4) is 0 Å². The molecule has 4 aromatic rings. The van der Waals surface area contributed by atoms with Gasteiger partial charge in [-0.3, -0.25) is 9.80 Å². The van der Waals surface area contributed by atoms with Crippen LogP contribution < -0.4 is 4.74 Å². The normalized spacial score (nSPS) is 18.4. The Morgan fingerprint density at radius 3 is 2.85 bits per heavy atom. The van der Waals surface area contributed by atoms with E-state index < -0.39 is 6.10 Å². The lowest BCUT2D eigenvalue weighted by molar-refractivity contribution is 0.0231. The summed E-state index contributed by atoms with van der Waals surface area (Å²) in [4.78, 5) is 9.22. The summed E-state index contributed by atoms with van der Waals surface area (Å²) in [7, 11) is 0. The summed E-state index contributed by atoms with van der Waals surface area (Å²) < 4.78 is 12.6. The minimum atomic E-state index is -0.547. The fourth-order valence-electron chi connectivity index (χ4n) is 4.46. The van der Waals surface area contributed by atoms with Gasteiger partial charge in [0, 0.05) is 49.9 Å². The molecule has 1 aliphatic heterocycles. The second-order valence-electron chi connectivity index (χ2n) is 8.95. The van der Waals surface area contributed by atoms with Crippen molar-refractivity contribution in [3.05, 3.63) is 65.4 Å². The van der Waals surface area contributed by atoms with E-state index >= 15 is 0 Å². The molecule has 1 fully saturated rings. The molecule has 1 N–H and O–H groups in total. The van der Waals surface area contributed by atoms with Gasteiger partial charge in [-0.1, -0.05) is 35.5 Å². The number of benzene rings is 2. The first kappa shape index (κ1) is 23.0. The maximum Gasteiger partial charge on any atom is 0.151 e. The molecule has 5 rings (SSSR count). The van der Waals surface area contributed by atoms with Crippen molar-refractivity contribution in [1.29, 1.82) is 0 Å². The Kier molecular flexibility index (Phi) is 6.92. The highest BCUT2D eigenvalue weighted by molar-refractivity contribution is 7.18. The molecular weight excluding hydrogens is 448 g/mol. The first-order valence-electron chi connectivity index (χ1n) is 11.7. The minimum Gasteiger partial charge on any atom is -0.491 e. The highest BCUT2D eigenvalue weighted by atomic mass is 32.1. The number of ether oxygens (including phenoxy) is 1. The lowest BCUT2D eigenvalue weighted by Crippen LogP contribution is -2.53.